The quantitative estimate of drug-likeness (QED) is 0.373. The van der Waals surface area contributed by atoms with Crippen molar-refractivity contribution >= 4 is 0 Å². The molecule has 2 aliphatic carbocycles. The van der Waals surface area contributed by atoms with Crippen LogP contribution in [0.2, 0.25) is 0 Å². The van der Waals surface area contributed by atoms with Crippen molar-refractivity contribution in [3.63, 3.8) is 0 Å². The van der Waals surface area contributed by atoms with Gasteiger partial charge in [-0.3, -0.25) is 0 Å². The van der Waals surface area contributed by atoms with Crippen molar-refractivity contribution in [3.8, 4) is 0 Å². The molecule has 3 aliphatic rings. The average molecular weight is 121 g/mol. The number of hydrogen-bond acceptors (Lipinski definition) is 1. The molecule has 1 nitrogen and oxygen atoms in total. The van der Waals surface area contributed by atoms with Gasteiger partial charge in [-0.2, -0.15) is 0 Å². The summed E-state index contributed by atoms with van der Waals surface area (Å²) in [5.74, 6) is 1.89. The second-order valence-electron chi connectivity index (χ2n) is 3.56. The smallest absolute Gasteiger partial charge is 0.0444 e. The molecule has 1 heterocycles. The number of hydrogen-bond donors (Lipinski definition) is 1. The highest BCUT2D eigenvalue weighted by Crippen LogP contribution is 2.51. The third-order valence-electron chi connectivity index (χ3n) is 3.24. The molecule has 1 saturated carbocycles. The molecule has 0 spiro atoms. The summed E-state index contributed by atoms with van der Waals surface area (Å²) in [6.45, 7) is 2.37. The molecule has 2 fully saturated rings. The van der Waals surface area contributed by atoms with Gasteiger partial charge in [-0.05, 0) is 18.3 Å². The van der Waals surface area contributed by atoms with Crippen LogP contribution in [0.4, 0.5) is 0 Å². The zero-order valence-electron chi connectivity index (χ0n) is 5.59. The topological polar surface area (TPSA) is 21.9 Å². The molecular formula is C8H11N. The van der Waals surface area contributed by atoms with E-state index in [0.29, 0.717) is 0 Å². The predicted molar refractivity (Wildman–Crippen MR) is 36.1 cm³/mol. The molecule has 0 aromatic heterocycles. The van der Waals surface area contributed by atoms with Crippen molar-refractivity contribution in [2.45, 2.75) is 25.4 Å². The van der Waals surface area contributed by atoms with Gasteiger partial charge in [0.2, 0.25) is 0 Å². The summed E-state index contributed by atoms with van der Waals surface area (Å²) in [7, 11) is 0. The highest BCUT2D eigenvalue weighted by Gasteiger charge is 2.56. The molecule has 4 atom stereocenters. The van der Waals surface area contributed by atoms with Gasteiger partial charge in [-0.15, -0.1) is 0 Å². The summed E-state index contributed by atoms with van der Waals surface area (Å²) in [6.07, 6.45) is 3.79. The van der Waals surface area contributed by atoms with Crippen LogP contribution in [0.1, 0.15) is 13.3 Å². The Morgan fingerprint density at radius 2 is 2.56 bits per heavy atom. The van der Waals surface area contributed by atoms with Crippen LogP contribution >= 0.6 is 0 Å². The molecule has 3 unspecified atom stereocenters. The Balaban J connectivity index is 2.12. The van der Waals surface area contributed by atoms with E-state index in [4.69, 9.17) is 0 Å². The van der Waals surface area contributed by atoms with Crippen LogP contribution in [-0.2, 0) is 0 Å². The summed E-state index contributed by atoms with van der Waals surface area (Å²) in [4.78, 5) is 0. The molecule has 2 bridgehead atoms. The molecule has 1 heteroatoms. The Kier molecular flexibility index (Phi) is 0.552. The number of rotatable bonds is 0. The third-order valence-corrected chi connectivity index (χ3v) is 3.24. The highest BCUT2D eigenvalue weighted by atomic mass is 15.2. The largest absolute Gasteiger partial charge is 0.304 e. The molecule has 1 saturated heterocycles. The van der Waals surface area contributed by atoms with Crippen molar-refractivity contribution in [2.24, 2.45) is 11.8 Å². The lowest BCUT2D eigenvalue weighted by molar-refractivity contribution is 0.457. The first-order valence-electron chi connectivity index (χ1n) is 3.84. The van der Waals surface area contributed by atoms with Gasteiger partial charge in [0.1, 0.15) is 0 Å². The lowest BCUT2D eigenvalue weighted by Gasteiger charge is -2.09. The monoisotopic (exact) mass is 121 g/mol. The van der Waals surface area contributed by atoms with Crippen molar-refractivity contribution < 1.29 is 0 Å². The summed E-state index contributed by atoms with van der Waals surface area (Å²) in [5.41, 5.74) is 1.71. The number of allylic oxidation sites excluding steroid dienone is 1. The van der Waals surface area contributed by atoms with Crippen LogP contribution in [0.25, 0.3) is 0 Å². The van der Waals surface area contributed by atoms with E-state index in [1.54, 1.807) is 5.57 Å². The Morgan fingerprint density at radius 1 is 1.67 bits per heavy atom. The van der Waals surface area contributed by atoms with Gasteiger partial charge >= 0.3 is 0 Å². The first kappa shape index (κ1) is 4.51. The zero-order chi connectivity index (χ0) is 6.01. The van der Waals surface area contributed by atoms with Gasteiger partial charge in [-0.25, -0.2) is 0 Å². The van der Waals surface area contributed by atoms with Crippen LogP contribution in [-0.4, -0.2) is 12.1 Å². The minimum absolute atomic E-state index is 0.832. The van der Waals surface area contributed by atoms with Gasteiger partial charge in [0.25, 0.3) is 0 Å². The molecule has 9 heavy (non-hydrogen) atoms. The average Bonchev–Trinajstić information content (AvgIpc) is 2.53. The Hall–Kier alpha value is -0.300. The fourth-order valence-corrected chi connectivity index (χ4v) is 2.60. The summed E-state index contributed by atoms with van der Waals surface area (Å²) in [6, 6.07) is 1.73. The first-order chi connectivity index (χ1) is 4.38. The standard InChI is InChI=1S/C8H11N/c1-4-5-2-3-6(4)8-7(5)9-8/h2,4,6-9H,3H2,1H3/t4?,6-,7?,8?/m0/s1. The van der Waals surface area contributed by atoms with Gasteiger partial charge in [-0.1, -0.05) is 18.6 Å². The van der Waals surface area contributed by atoms with Gasteiger partial charge in [0.15, 0.2) is 0 Å². The van der Waals surface area contributed by atoms with Gasteiger partial charge in [0, 0.05) is 12.1 Å². The minimum Gasteiger partial charge on any atom is -0.304 e. The fourth-order valence-electron chi connectivity index (χ4n) is 2.60. The lowest BCUT2D eigenvalue weighted by Crippen LogP contribution is -2.12. The first-order valence-corrected chi connectivity index (χ1v) is 3.84. The van der Waals surface area contributed by atoms with E-state index in [9.17, 15) is 0 Å². The predicted octanol–water partition coefficient (Wildman–Crippen LogP) is 0.923. The fraction of sp³-hybridized carbons (Fsp3) is 0.750. The zero-order valence-corrected chi connectivity index (χ0v) is 5.59. The van der Waals surface area contributed by atoms with Crippen LogP contribution in [0.15, 0.2) is 11.6 Å². The Bertz CT molecular complexity index is 195. The molecule has 1 aliphatic heterocycles. The van der Waals surface area contributed by atoms with Gasteiger partial charge < -0.3 is 5.32 Å². The van der Waals surface area contributed by atoms with Crippen LogP contribution < -0.4 is 5.32 Å². The number of fused-ring (bicyclic) bond motifs is 5. The van der Waals surface area contributed by atoms with E-state index >= 15 is 0 Å². The summed E-state index contributed by atoms with van der Waals surface area (Å²) in [5, 5.41) is 3.49. The maximum atomic E-state index is 3.49. The van der Waals surface area contributed by atoms with Crippen molar-refractivity contribution in [2.75, 3.05) is 0 Å². The van der Waals surface area contributed by atoms with Crippen LogP contribution in [0.5, 0.6) is 0 Å². The summed E-state index contributed by atoms with van der Waals surface area (Å²) < 4.78 is 0. The van der Waals surface area contributed by atoms with E-state index in [-0.39, 0.29) is 0 Å². The lowest BCUT2D eigenvalue weighted by atomic mass is 9.98. The number of nitrogens with one attached hydrogen (secondary N) is 1. The maximum Gasteiger partial charge on any atom is 0.0444 e. The number of piperidine rings is 1. The Labute approximate surface area is 55.1 Å². The van der Waals surface area contributed by atoms with E-state index in [1.165, 1.54) is 6.42 Å². The molecule has 0 aromatic rings. The second kappa shape index (κ2) is 1.10. The summed E-state index contributed by atoms with van der Waals surface area (Å²) >= 11 is 0. The molecule has 0 aromatic carbocycles. The van der Waals surface area contributed by atoms with Crippen molar-refractivity contribution in [1.82, 2.24) is 5.32 Å². The van der Waals surface area contributed by atoms with Gasteiger partial charge in [0.05, 0.1) is 0 Å². The van der Waals surface area contributed by atoms with E-state index in [1.807, 2.05) is 0 Å². The minimum atomic E-state index is 0.832. The molecular weight excluding hydrogens is 110 g/mol. The van der Waals surface area contributed by atoms with E-state index in [0.717, 1.165) is 23.9 Å². The molecule has 1 N–H and O–H groups in total. The molecule has 3 rings (SSSR count). The second-order valence-corrected chi connectivity index (χ2v) is 3.56. The maximum absolute atomic E-state index is 3.49. The van der Waals surface area contributed by atoms with E-state index in [2.05, 4.69) is 18.3 Å². The van der Waals surface area contributed by atoms with E-state index < -0.39 is 0 Å². The highest BCUT2D eigenvalue weighted by molar-refractivity contribution is 5.39. The van der Waals surface area contributed by atoms with Crippen molar-refractivity contribution in [3.05, 3.63) is 11.6 Å². The Morgan fingerprint density at radius 3 is 3.00 bits per heavy atom. The normalized spacial score (nSPS) is 59.4. The molecule has 0 radical (unpaired) electrons. The molecule has 0 amide bonds. The van der Waals surface area contributed by atoms with Crippen LogP contribution in [0, 0.1) is 11.8 Å². The van der Waals surface area contributed by atoms with Crippen molar-refractivity contribution in [1.29, 1.82) is 0 Å². The third kappa shape index (κ3) is 0.351. The SMILES string of the molecule is CC1C2=CC[C@@H]1C1NC21. The molecule has 48 valence electrons. The van der Waals surface area contributed by atoms with Crippen LogP contribution in [0.3, 0.4) is 0 Å².